The summed E-state index contributed by atoms with van der Waals surface area (Å²) < 4.78 is 0. The number of carbonyl (C=O) groups excluding carboxylic acids is 2. The first kappa shape index (κ1) is 14.5. The lowest BCUT2D eigenvalue weighted by atomic mass is 10.1. The van der Waals surface area contributed by atoms with E-state index < -0.39 is 0 Å². The van der Waals surface area contributed by atoms with Crippen LogP contribution in [0.1, 0.15) is 11.1 Å². The van der Waals surface area contributed by atoms with Crippen molar-refractivity contribution in [2.75, 3.05) is 33.2 Å². The van der Waals surface area contributed by atoms with Gasteiger partial charge in [-0.15, -0.1) is 0 Å². The standard InChI is InChI=1S/C15H21N3O2/c1-12-3-5-13(6-4-12)9-17(2)15(20)11-18-8-7-16-14(19)10-18/h3-6H,7-11H2,1-2H3,(H,16,19). The van der Waals surface area contributed by atoms with Gasteiger partial charge in [0.05, 0.1) is 13.1 Å². The molecule has 1 aliphatic heterocycles. The number of piperazine rings is 1. The number of rotatable bonds is 4. The number of aryl methyl sites for hydroxylation is 1. The van der Waals surface area contributed by atoms with Crippen LogP contribution in [0.2, 0.25) is 0 Å². The number of hydrogen-bond donors (Lipinski definition) is 1. The van der Waals surface area contributed by atoms with Gasteiger partial charge in [-0.2, -0.15) is 0 Å². The van der Waals surface area contributed by atoms with E-state index in [1.807, 2.05) is 36.1 Å². The molecule has 1 N–H and O–H groups in total. The summed E-state index contributed by atoms with van der Waals surface area (Å²) in [5.74, 6) is 0.0329. The van der Waals surface area contributed by atoms with Crippen LogP contribution in [0.15, 0.2) is 24.3 Å². The zero-order valence-electron chi connectivity index (χ0n) is 12.1. The van der Waals surface area contributed by atoms with Crippen molar-refractivity contribution in [3.63, 3.8) is 0 Å². The topological polar surface area (TPSA) is 52.7 Å². The Bertz CT molecular complexity index is 484. The summed E-state index contributed by atoms with van der Waals surface area (Å²) in [6.45, 7) is 4.60. The predicted octanol–water partition coefficient (Wildman–Crippen LogP) is 0.385. The van der Waals surface area contributed by atoms with Crippen molar-refractivity contribution < 1.29 is 9.59 Å². The monoisotopic (exact) mass is 275 g/mol. The molecular formula is C15H21N3O2. The molecule has 20 heavy (non-hydrogen) atoms. The van der Waals surface area contributed by atoms with Crippen molar-refractivity contribution in [2.45, 2.75) is 13.5 Å². The Morgan fingerprint density at radius 2 is 2.05 bits per heavy atom. The Labute approximate surface area is 119 Å². The van der Waals surface area contributed by atoms with Crippen molar-refractivity contribution in [2.24, 2.45) is 0 Å². The lowest BCUT2D eigenvalue weighted by Gasteiger charge is -2.27. The van der Waals surface area contributed by atoms with Gasteiger partial charge in [-0.25, -0.2) is 0 Å². The lowest BCUT2D eigenvalue weighted by Crippen LogP contribution is -2.50. The first-order chi connectivity index (χ1) is 9.54. The van der Waals surface area contributed by atoms with E-state index in [-0.39, 0.29) is 11.8 Å². The second kappa shape index (κ2) is 6.52. The molecule has 0 aromatic heterocycles. The van der Waals surface area contributed by atoms with Gasteiger partial charge >= 0.3 is 0 Å². The lowest BCUT2D eigenvalue weighted by molar-refractivity contribution is -0.133. The number of nitrogens with zero attached hydrogens (tertiary/aromatic N) is 2. The number of carbonyl (C=O) groups is 2. The zero-order valence-corrected chi connectivity index (χ0v) is 12.1. The summed E-state index contributed by atoms with van der Waals surface area (Å²) >= 11 is 0. The minimum atomic E-state index is -0.00904. The number of amides is 2. The zero-order chi connectivity index (χ0) is 14.5. The third kappa shape index (κ3) is 4.06. The fraction of sp³-hybridized carbons (Fsp3) is 0.467. The first-order valence-corrected chi connectivity index (χ1v) is 6.83. The van der Waals surface area contributed by atoms with Crippen LogP contribution in [0.3, 0.4) is 0 Å². The van der Waals surface area contributed by atoms with E-state index in [1.54, 1.807) is 11.9 Å². The maximum Gasteiger partial charge on any atom is 0.236 e. The quantitative estimate of drug-likeness (QED) is 0.864. The molecule has 2 rings (SSSR count). The summed E-state index contributed by atoms with van der Waals surface area (Å²) in [6.07, 6.45) is 0. The Hall–Kier alpha value is -1.88. The molecule has 1 aromatic carbocycles. The molecule has 0 spiro atoms. The van der Waals surface area contributed by atoms with Crippen molar-refractivity contribution in [1.29, 1.82) is 0 Å². The van der Waals surface area contributed by atoms with Crippen LogP contribution in [0.4, 0.5) is 0 Å². The van der Waals surface area contributed by atoms with E-state index in [0.717, 1.165) is 12.1 Å². The second-order valence-corrected chi connectivity index (χ2v) is 5.30. The average molecular weight is 275 g/mol. The van der Waals surface area contributed by atoms with Crippen LogP contribution < -0.4 is 5.32 Å². The van der Waals surface area contributed by atoms with Gasteiger partial charge in [0.1, 0.15) is 0 Å². The van der Waals surface area contributed by atoms with Crippen LogP contribution in [0.25, 0.3) is 0 Å². The smallest absolute Gasteiger partial charge is 0.236 e. The van der Waals surface area contributed by atoms with Gasteiger partial charge in [-0.3, -0.25) is 14.5 Å². The highest BCUT2D eigenvalue weighted by Gasteiger charge is 2.20. The van der Waals surface area contributed by atoms with Gasteiger partial charge in [0.25, 0.3) is 0 Å². The molecule has 0 atom stereocenters. The van der Waals surface area contributed by atoms with Crippen LogP contribution in [-0.4, -0.2) is 54.8 Å². The van der Waals surface area contributed by atoms with Gasteiger partial charge in [-0.05, 0) is 12.5 Å². The van der Waals surface area contributed by atoms with E-state index >= 15 is 0 Å². The van der Waals surface area contributed by atoms with E-state index in [4.69, 9.17) is 0 Å². The Balaban J connectivity index is 1.85. The molecule has 1 saturated heterocycles. The molecule has 2 amide bonds. The average Bonchev–Trinajstić information content (AvgIpc) is 2.41. The molecule has 5 heteroatoms. The molecule has 1 fully saturated rings. The SMILES string of the molecule is Cc1ccc(CN(C)C(=O)CN2CCNC(=O)C2)cc1. The molecule has 1 aromatic rings. The van der Waals surface area contributed by atoms with Crippen molar-refractivity contribution in [3.8, 4) is 0 Å². The van der Waals surface area contributed by atoms with Crippen LogP contribution >= 0.6 is 0 Å². The largest absolute Gasteiger partial charge is 0.354 e. The second-order valence-electron chi connectivity index (χ2n) is 5.30. The molecule has 5 nitrogen and oxygen atoms in total. The maximum atomic E-state index is 12.1. The third-order valence-electron chi connectivity index (χ3n) is 3.44. The van der Waals surface area contributed by atoms with Crippen LogP contribution in [-0.2, 0) is 16.1 Å². The minimum Gasteiger partial charge on any atom is -0.354 e. The van der Waals surface area contributed by atoms with Gasteiger partial charge < -0.3 is 10.2 Å². The molecule has 0 unspecified atom stereocenters. The Morgan fingerprint density at radius 1 is 1.35 bits per heavy atom. The van der Waals surface area contributed by atoms with E-state index in [2.05, 4.69) is 5.32 Å². The summed E-state index contributed by atoms with van der Waals surface area (Å²) in [7, 11) is 1.80. The minimum absolute atomic E-state index is 0.00904. The fourth-order valence-corrected chi connectivity index (χ4v) is 2.19. The first-order valence-electron chi connectivity index (χ1n) is 6.83. The van der Waals surface area contributed by atoms with Gasteiger partial charge in [-0.1, -0.05) is 29.8 Å². The number of likely N-dealkylation sites (N-methyl/N-ethyl adjacent to an activating group) is 1. The molecule has 1 aliphatic rings. The molecule has 0 saturated carbocycles. The van der Waals surface area contributed by atoms with Crippen molar-refractivity contribution >= 4 is 11.8 Å². The van der Waals surface area contributed by atoms with Crippen molar-refractivity contribution in [1.82, 2.24) is 15.1 Å². The predicted molar refractivity (Wildman–Crippen MR) is 77.1 cm³/mol. The normalized spacial score (nSPS) is 15.8. The maximum absolute atomic E-state index is 12.1. The summed E-state index contributed by atoms with van der Waals surface area (Å²) in [5.41, 5.74) is 2.32. The molecule has 0 bridgehead atoms. The third-order valence-corrected chi connectivity index (χ3v) is 3.44. The number of benzene rings is 1. The van der Waals surface area contributed by atoms with E-state index in [9.17, 15) is 9.59 Å². The van der Waals surface area contributed by atoms with Crippen LogP contribution in [0.5, 0.6) is 0 Å². The summed E-state index contributed by atoms with van der Waals surface area (Å²) in [4.78, 5) is 27.0. The highest BCUT2D eigenvalue weighted by atomic mass is 16.2. The molecule has 108 valence electrons. The summed E-state index contributed by atoms with van der Waals surface area (Å²) in [5, 5.41) is 2.75. The summed E-state index contributed by atoms with van der Waals surface area (Å²) in [6, 6.07) is 8.16. The molecule has 0 radical (unpaired) electrons. The van der Waals surface area contributed by atoms with Gasteiger partial charge in [0.2, 0.25) is 11.8 Å². The molecular weight excluding hydrogens is 254 g/mol. The molecule has 1 heterocycles. The van der Waals surface area contributed by atoms with Crippen molar-refractivity contribution in [3.05, 3.63) is 35.4 Å². The highest BCUT2D eigenvalue weighted by Crippen LogP contribution is 2.06. The van der Waals surface area contributed by atoms with E-state index in [1.165, 1.54) is 5.56 Å². The molecule has 0 aliphatic carbocycles. The number of hydrogen-bond acceptors (Lipinski definition) is 3. The Morgan fingerprint density at radius 3 is 2.70 bits per heavy atom. The van der Waals surface area contributed by atoms with Gasteiger partial charge in [0, 0.05) is 26.7 Å². The van der Waals surface area contributed by atoms with Crippen LogP contribution in [0, 0.1) is 6.92 Å². The van der Waals surface area contributed by atoms with Gasteiger partial charge in [0.15, 0.2) is 0 Å². The fourth-order valence-electron chi connectivity index (χ4n) is 2.19. The number of nitrogens with one attached hydrogen (secondary N) is 1. The highest BCUT2D eigenvalue weighted by molar-refractivity contribution is 5.81. The van der Waals surface area contributed by atoms with E-state index in [0.29, 0.717) is 26.2 Å². The Kier molecular flexibility index (Phi) is 4.74.